The third-order valence-electron chi connectivity index (χ3n) is 5.26. The van der Waals surface area contributed by atoms with Gasteiger partial charge in [0.05, 0.1) is 38.0 Å². The quantitative estimate of drug-likeness (QED) is 0.471. The van der Waals surface area contributed by atoms with Crippen LogP contribution in [-0.2, 0) is 14.8 Å². The van der Waals surface area contributed by atoms with Crippen molar-refractivity contribution in [2.45, 2.75) is 17.9 Å². The number of nitrogens with zero attached hydrogens (tertiary/aromatic N) is 1. The molecule has 0 saturated carbocycles. The number of sulfonamides is 1. The van der Waals surface area contributed by atoms with Crippen LogP contribution in [-0.4, -0.2) is 42.2 Å². The van der Waals surface area contributed by atoms with E-state index in [1.807, 2.05) is 0 Å². The maximum Gasteiger partial charge on any atom is 0.264 e. The average molecular weight is 485 g/mol. The van der Waals surface area contributed by atoms with Crippen molar-refractivity contribution >= 4 is 21.6 Å². The van der Waals surface area contributed by atoms with Crippen molar-refractivity contribution in [1.29, 1.82) is 0 Å². The zero-order chi connectivity index (χ0) is 24.7. The molecule has 34 heavy (non-hydrogen) atoms. The minimum absolute atomic E-state index is 0.0844. The van der Waals surface area contributed by atoms with Crippen LogP contribution in [0.2, 0.25) is 0 Å². The van der Waals surface area contributed by atoms with Crippen LogP contribution in [0.15, 0.2) is 77.7 Å². The molecule has 3 aromatic carbocycles. The van der Waals surface area contributed by atoms with Crippen LogP contribution in [0.4, 0.5) is 5.69 Å². The van der Waals surface area contributed by atoms with Gasteiger partial charge in [0.25, 0.3) is 10.0 Å². The van der Waals surface area contributed by atoms with E-state index < -0.39 is 28.5 Å². The first-order chi connectivity index (χ1) is 16.3. The smallest absolute Gasteiger partial charge is 0.264 e. The minimum Gasteiger partial charge on any atom is -0.497 e. The van der Waals surface area contributed by atoms with Crippen molar-refractivity contribution in [3.8, 4) is 17.2 Å². The van der Waals surface area contributed by atoms with E-state index in [1.165, 1.54) is 26.4 Å². The average Bonchev–Trinajstić information content (AvgIpc) is 2.87. The first kappa shape index (κ1) is 24.9. The van der Waals surface area contributed by atoms with Crippen molar-refractivity contribution < 1.29 is 27.4 Å². The fourth-order valence-corrected chi connectivity index (χ4v) is 4.90. The van der Waals surface area contributed by atoms with E-state index in [2.05, 4.69) is 5.32 Å². The lowest BCUT2D eigenvalue weighted by Gasteiger charge is -2.25. The third-order valence-corrected chi connectivity index (χ3v) is 7.05. The lowest BCUT2D eigenvalue weighted by Crippen LogP contribution is -2.41. The highest BCUT2D eigenvalue weighted by Gasteiger charge is 2.28. The Morgan fingerprint density at radius 1 is 0.882 bits per heavy atom. The molecule has 0 unspecified atom stereocenters. The molecular weight excluding hydrogens is 456 g/mol. The Bertz CT molecular complexity index is 1210. The molecule has 0 aliphatic carbocycles. The third kappa shape index (κ3) is 5.60. The minimum atomic E-state index is -4.01. The molecule has 1 N–H and O–H groups in total. The van der Waals surface area contributed by atoms with Crippen LogP contribution in [0.5, 0.6) is 17.2 Å². The van der Waals surface area contributed by atoms with Crippen LogP contribution >= 0.6 is 0 Å². The van der Waals surface area contributed by atoms with Gasteiger partial charge in [0.15, 0.2) is 0 Å². The molecule has 0 saturated heterocycles. The number of methoxy groups -OCH3 is 3. The molecule has 9 heteroatoms. The second kappa shape index (κ2) is 10.9. The largest absolute Gasteiger partial charge is 0.497 e. The van der Waals surface area contributed by atoms with Crippen LogP contribution < -0.4 is 23.8 Å². The second-order valence-electron chi connectivity index (χ2n) is 7.42. The number of nitrogens with one attached hydrogen (secondary N) is 1. The van der Waals surface area contributed by atoms with Crippen LogP contribution in [0.25, 0.3) is 0 Å². The molecule has 0 bridgehead atoms. The van der Waals surface area contributed by atoms with Crippen LogP contribution in [0, 0.1) is 0 Å². The van der Waals surface area contributed by atoms with Gasteiger partial charge in [-0.05, 0) is 61.5 Å². The van der Waals surface area contributed by atoms with E-state index >= 15 is 0 Å². The van der Waals surface area contributed by atoms with Crippen molar-refractivity contribution in [2.75, 3.05) is 32.2 Å². The maximum atomic E-state index is 13.4. The van der Waals surface area contributed by atoms with Gasteiger partial charge < -0.3 is 19.5 Å². The Morgan fingerprint density at radius 2 is 1.50 bits per heavy atom. The Hall–Kier alpha value is -3.72. The molecule has 180 valence electrons. The molecule has 1 amide bonds. The normalized spacial score (nSPS) is 11.9. The Kier molecular flexibility index (Phi) is 8.01. The second-order valence-corrected chi connectivity index (χ2v) is 9.28. The standard InChI is InChI=1S/C25H28N2O6S/c1-18(23-16-21(32-3)14-15-24(23)33-4)26-25(28)17-27(19-10-12-20(31-2)13-11-19)34(29,30)22-8-6-5-7-9-22/h5-16,18H,17H2,1-4H3,(H,26,28)/t18-/m1/s1. The summed E-state index contributed by atoms with van der Waals surface area (Å²) in [5.41, 5.74) is 1.04. The SMILES string of the molecule is COc1ccc(N(CC(=O)N[C@H](C)c2cc(OC)ccc2OC)S(=O)(=O)c2ccccc2)cc1. The molecule has 8 nitrogen and oxygen atoms in total. The van der Waals surface area contributed by atoms with Gasteiger partial charge in [0, 0.05) is 5.56 Å². The highest BCUT2D eigenvalue weighted by Crippen LogP contribution is 2.30. The van der Waals surface area contributed by atoms with Gasteiger partial charge in [0.2, 0.25) is 5.91 Å². The van der Waals surface area contributed by atoms with Gasteiger partial charge in [-0.25, -0.2) is 8.42 Å². The number of amides is 1. The fraction of sp³-hybridized carbons (Fsp3) is 0.240. The van der Waals surface area contributed by atoms with Crippen LogP contribution in [0.1, 0.15) is 18.5 Å². The monoisotopic (exact) mass is 484 g/mol. The summed E-state index contributed by atoms with van der Waals surface area (Å²) in [4.78, 5) is 13.1. The van der Waals surface area contributed by atoms with Gasteiger partial charge in [0.1, 0.15) is 23.8 Å². The molecule has 0 aliphatic rings. The van der Waals surface area contributed by atoms with E-state index in [0.717, 1.165) is 4.31 Å². The number of hydrogen-bond acceptors (Lipinski definition) is 6. The molecule has 0 aromatic heterocycles. The molecule has 3 aromatic rings. The molecule has 0 radical (unpaired) electrons. The predicted molar refractivity (Wildman–Crippen MR) is 130 cm³/mol. The number of carbonyl (C=O) groups is 1. The van der Waals surface area contributed by atoms with Gasteiger partial charge in [-0.1, -0.05) is 18.2 Å². The van der Waals surface area contributed by atoms with Crippen LogP contribution in [0.3, 0.4) is 0 Å². The summed E-state index contributed by atoms with van der Waals surface area (Å²) in [6.45, 7) is 1.37. The first-order valence-corrected chi connectivity index (χ1v) is 12.0. The summed E-state index contributed by atoms with van der Waals surface area (Å²) in [5.74, 6) is 1.29. The fourth-order valence-electron chi connectivity index (χ4n) is 3.46. The van der Waals surface area contributed by atoms with Crippen molar-refractivity contribution in [1.82, 2.24) is 5.32 Å². The summed E-state index contributed by atoms with van der Waals surface area (Å²) < 4.78 is 43.8. The summed E-state index contributed by atoms with van der Waals surface area (Å²) in [5, 5.41) is 2.86. The molecule has 3 rings (SSSR count). The maximum absolute atomic E-state index is 13.4. The topological polar surface area (TPSA) is 94.2 Å². The molecule has 0 aliphatic heterocycles. The lowest BCUT2D eigenvalue weighted by molar-refractivity contribution is -0.120. The Morgan fingerprint density at radius 3 is 2.09 bits per heavy atom. The number of carbonyl (C=O) groups excluding carboxylic acids is 1. The number of benzene rings is 3. The molecule has 0 fully saturated rings. The summed E-state index contributed by atoms with van der Waals surface area (Å²) in [7, 11) is 0.608. The number of rotatable bonds is 10. The van der Waals surface area contributed by atoms with Gasteiger partial charge in [-0.2, -0.15) is 0 Å². The highest BCUT2D eigenvalue weighted by molar-refractivity contribution is 7.92. The summed E-state index contributed by atoms with van der Waals surface area (Å²) >= 11 is 0. The van der Waals surface area contributed by atoms with Gasteiger partial charge in [-0.15, -0.1) is 0 Å². The van der Waals surface area contributed by atoms with E-state index in [4.69, 9.17) is 14.2 Å². The zero-order valence-corrected chi connectivity index (χ0v) is 20.3. The Labute approximate surface area is 200 Å². The number of ether oxygens (including phenoxy) is 3. The molecule has 0 heterocycles. The highest BCUT2D eigenvalue weighted by atomic mass is 32.2. The predicted octanol–water partition coefficient (Wildman–Crippen LogP) is 3.79. The zero-order valence-electron chi connectivity index (χ0n) is 19.5. The lowest BCUT2D eigenvalue weighted by atomic mass is 10.1. The number of anilines is 1. The molecular formula is C25H28N2O6S. The van der Waals surface area contributed by atoms with E-state index in [9.17, 15) is 13.2 Å². The van der Waals surface area contributed by atoms with E-state index in [-0.39, 0.29) is 4.90 Å². The van der Waals surface area contributed by atoms with Crippen molar-refractivity contribution in [3.63, 3.8) is 0 Å². The summed E-state index contributed by atoms with van der Waals surface area (Å²) in [6.07, 6.45) is 0. The van der Waals surface area contributed by atoms with Crippen molar-refractivity contribution in [3.05, 3.63) is 78.4 Å². The van der Waals surface area contributed by atoms with Gasteiger partial charge >= 0.3 is 0 Å². The summed E-state index contributed by atoms with van der Waals surface area (Å²) in [6, 6.07) is 19.3. The Balaban J connectivity index is 1.90. The first-order valence-electron chi connectivity index (χ1n) is 10.5. The van der Waals surface area contributed by atoms with E-state index in [0.29, 0.717) is 28.5 Å². The molecule has 1 atom stereocenters. The van der Waals surface area contributed by atoms with Crippen molar-refractivity contribution in [2.24, 2.45) is 0 Å². The number of hydrogen-bond donors (Lipinski definition) is 1. The van der Waals surface area contributed by atoms with Gasteiger partial charge in [-0.3, -0.25) is 9.10 Å². The molecule has 0 spiro atoms. The van der Waals surface area contributed by atoms with E-state index in [1.54, 1.807) is 74.7 Å².